The Morgan fingerprint density at radius 1 is 0.532 bits per heavy atom. The SMILES string of the molecule is COC(=O)Cc1ccc(Cl)c(O)c1.COC(=O)Cc1ccc(Cl)c(OC)c1.COc1cc(C(=O)O)ccc1Cl.COc1cc(CC#N)ccc1Cl.COc1cc(CCl)ccc1Cl. The summed E-state index contributed by atoms with van der Waals surface area (Å²) in [6, 6.07) is 27.0. The minimum absolute atomic E-state index is 0.0249. The number of alkyl halides is 1. The average Bonchev–Trinajstić information content (AvgIpc) is 3.27. The molecule has 18 heteroatoms. The van der Waals surface area contributed by atoms with Gasteiger partial charge in [-0.3, -0.25) is 9.59 Å². The van der Waals surface area contributed by atoms with Crippen molar-refractivity contribution in [2.45, 2.75) is 25.1 Å². The lowest BCUT2D eigenvalue weighted by atomic mass is 10.1. The zero-order valence-electron chi connectivity index (χ0n) is 34.3. The van der Waals surface area contributed by atoms with Crippen molar-refractivity contribution in [1.82, 2.24) is 0 Å². The van der Waals surface area contributed by atoms with Gasteiger partial charge in [0.15, 0.2) is 0 Å². The van der Waals surface area contributed by atoms with Crippen LogP contribution in [0.2, 0.25) is 25.1 Å². The highest BCUT2D eigenvalue weighted by Gasteiger charge is 2.08. The van der Waals surface area contributed by atoms with Gasteiger partial charge in [-0.1, -0.05) is 82.3 Å². The normalized spacial score (nSPS) is 9.53. The lowest BCUT2D eigenvalue weighted by Gasteiger charge is -2.05. The molecule has 0 saturated heterocycles. The number of nitriles is 1. The Morgan fingerprint density at radius 3 is 1.27 bits per heavy atom. The number of benzene rings is 5. The van der Waals surface area contributed by atoms with E-state index >= 15 is 0 Å². The first-order valence-corrected chi connectivity index (χ1v) is 20.0. The molecule has 0 aliphatic rings. The molecule has 0 amide bonds. The lowest BCUT2D eigenvalue weighted by molar-refractivity contribution is -0.140. The van der Waals surface area contributed by atoms with Gasteiger partial charge in [-0.2, -0.15) is 5.26 Å². The van der Waals surface area contributed by atoms with Crippen LogP contribution in [0, 0.1) is 11.3 Å². The highest BCUT2D eigenvalue weighted by atomic mass is 35.5. The molecule has 12 nitrogen and oxygen atoms in total. The Labute approximate surface area is 390 Å². The maximum Gasteiger partial charge on any atom is 0.335 e. The number of hydrogen-bond acceptors (Lipinski definition) is 11. The Hall–Kier alpha value is -5.26. The molecule has 0 aliphatic carbocycles. The third-order valence-corrected chi connectivity index (χ3v) is 9.52. The van der Waals surface area contributed by atoms with E-state index in [-0.39, 0.29) is 41.1 Å². The molecule has 0 unspecified atom stereocenters. The Morgan fingerprint density at radius 2 is 0.887 bits per heavy atom. The number of nitrogens with zero attached hydrogens (tertiary/aromatic N) is 1. The number of aromatic hydroxyl groups is 1. The predicted molar refractivity (Wildman–Crippen MR) is 242 cm³/mol. The van der Waals surface area contributed by atoms with Gasteiger partial charge in [0.1, 0.15) is 28.7 Å². The summed E-state index contributed by atoms with van der Waals surface area (Å²) in [5.41, 5.74) is 3.58. The van der Waals surface area contributed by atoms with Crippen LogP contribution < -0.4 is 18.9 Å². The molecule has 332 valence electrons. The number of phenolic OH excluding ortho intramolecular Hbond substituents is 1. The maximum atomic E-state index is 11.0. The molecule has 0 fully saturated rings. The zero-order valence-corrected chi connectivity index (χ0v) is 38.8. The second kappa shape index (κ2) is 29.9. The Bertz CT molecular complexity index is 2270. The van der Waals surface area contributed by atoms with E-state index in [1.807, 2.05) is 18.2 Å². The molecule has 2 N–H and O–H groups in total. The van der Waals surface area contributed by atoms with Crippen molar-refractivity contribution in [3.63, 3.8) is 0 Å². The summed E-state index contributed by atoms with van der Waals surface area (Å²) in [4.78, 5) is 32.3. The number of rotatable bonds is 11. The first kappa shape index (κ1) is 54.8. The quantitative estimate of drug-likeness (QED) is 0.0950. The third-order valence-electron chi connectivity index (χ3n) is 7.64. The van der Waals surface area contributed by atoms with Gasteiger partial charge in [0, 0.05) is 5.88 Å². The van der Waals surface area contributed by atoms with Crippen LogP contribution in [0.25, 0.3) is 0 Å². The third kappa shape index (κ3) is 20.1. The molecule has 5 rings (SSSR count). The van der Waals surface area contributed by atoms with Crippen molar-refractivity contribution < 1.29 is 53.0 Å². The molecule has 5 aromatic carbocycles. The highest BCUT2D eigenvalue weighted by Crippen LogP contribution is 2.28. The van der Waals surface area contributed by atoms with Gasteiger partial charge in [0.2, 0.25) is 0 Å². The number of ether oxygens (including phenoxy) is 6. The van der Waals surface area contributed by atoms with Crippen molar-refractivity contribution in [3.8, 4) is 34.8 Å². The van der Waals surface area contributed by atoms with E-state index in [1.54, 1.807) is 56.7 Å². The van der Waals surface area contributed by atoms with E-state index in [9.17, 15) is 19.5 Å². The summed E-state index contributed by atoms with van der Waals surface area (Å²) in [6.45, 7) is 0. The molecule has 0 saturated carbocycles. The van der Waals surface area contributed by atoms with E-state index in [2.05, 4.69) is 15.5 Å². The van der Waals surface area contributed by atoms with Gasteiger partial charge in [-0.05, 0) is 89.0 Å². The number of carbonyl (C=O) groups excluding carboxylic acids is 2. The van der Waals surface area contributed by atoms with Gasteiger partial charge in [0.05, 0.1) is 98.7 Å². The van der Waals surface area contributed by atoms with Crippen LogP contribution in [-0.2, 0) is 44.2 Å². The number of aromatic carboxylic acids is 1. The molecular weight excluding hydrogens is 931 g/mol. The van der Waals surface area contributed by atoms with Crippen molar-refractivity contribution in [3.05, 3.63) is 144 Å². The second-order valence-corrected chi connectivity index (χ2v) is 14.1. The molecule has 0 bridgehead atoms. The number of hydrogen-bond donors (Lipinski definition) is 2. The number of phenols is 1. The molecule has 62 heavy (non-hydrogen) atoms. The van der Waals surface area contributed by atoms with Crippen LogP contribution in [0.4, 0.5) is 0 Å². The number of halogens is 6. The summed E-state index contributed by atoms with van der Waals surface area (Å²) < 4.78 is 28.9. The minimum atomic E-state index is -0.995. The number of carboxylic acids is 1. The van der Waals surface area contributed by atoms with Crippen LogP contribution in [0.3, 0.4) is 0 Å². The van der Waals surface area contributed by atoms with Crippen LogP contribution in [0.5, 0.6) is 28.7 Å². The van der Waals surface area contributed by atoms with Gasteiger partial charge >= 0.3 is 17.9 Å². The molecule has 0 radical (unpaired) electrons. The van der Waals surface area contributed by atoms with Crippen molar-refractivity contribution in [2.24, 2.45) is 0 Å². The molecule has 0 heterocycles. The lowest BCUT2D eigenvalue weighted by Crippen LogP contribution is -2.04. The fraction of sp³-hybridized carbons (Fsp3) is 0.227. The summed E-state index contributed by atoms with van der Waals surface area (Å²) >= 11 is 34.3. The van der Waals surface area contributed by atoms with E-state index in [1.165, 1.54) is 58.8 Å². The maximum absolute atomic E-state index is 11.0. The van der Waals surface area contributed by atoms with E-state index in [0.29, 0.717) is 61.0 Å². The van der Waals surface area contributed by atoms with Gasteiger partial charge in [-0.25, -0.2) is 4.79 Å². The van der Waals surface area contributed by atoms with Crippen LogP contribution in [0.15, 0.2) is 91.0 Å². The molecule has 5 aromatic rings. The summed E-state index contributed by atoms with van der Waals surface area (Å²) in [7, 11) is 8.78. The molecule has 0 spiro atoms. The van der Waals surface area contributed by atoms with Gasteiger partial charge in [-0.15, -0.1) is 11.6 Å². The number of esters is 2. The second-order valence-electron chi connectivity index (χ2n) is 11.8. The van der Waals surface area contributed by atoms with Crippen LogP contribution >= 0.6 is 69.6 Å². The van der Waals surface area contributed by atoms with E-state index < -0.39 is 5.97 Å². The van der Waals surface area contributed by atoms with Crippen molar-refractivity contribution in [2.75, 3.05) is 42.7 Å². The highest BCUT2D eigenvalue weighted by molar-refractivity contribution is 6.33. The first-order valence-electron chi connectivity index (χ1n) is 17.6. The van der Waals surface area contributed by atoms with E-state index in [4.69, 9.17) is 98.9 Å². The Kier molecular flexibility index (Phi) is 26.4. The van der Waals surface area contributed by atoms with Crippen molar-refractivity contribution in [1.29, 1.82) is 5.26 Å². The smallest absolute Gasteiger partial charge is 0.335 e. The van der Waals surface area contributed by atoms with Gasteiger partial charge < -0.3 is 38.6 Å². The molecule has 0 atom stereocenters. The molecule has 0 aliphatic heterocycles. The first-order chi connectivity index (χ1) is 29.5. The fourth-order valence-corrected chi connectivity index (χ4v) is 5.51. The monoisotopic (exact) mass is 971 g/mol. The number of methoxy groups -OCH3 is 6. The standard InChI is InChI=1S/C10H11ClO3.C9H8ClNO.C9H9ClO3.C8H8Cl2O.C8H7ClO3/c1-13-9-5-7(3-4-8(9)11)6-10(12)14-2;1-12-9-6-7(4-5-11)2-3-8(9)10;1-13-9(12)5-6-2-3-7(10)8(11)4-6;1-11-8-4-6(5-9)2-3-7(8)10;1-12-7-4-5(8(10)11)2-3-6(7)9/h3-5H,6H2,1-2H3;2-3,6H,4H2,1H3;2-4,11H,5H2,1H3;2-4H,5H2,1H3;2-4H,1H3,(H,10,11). The predicted octanol–water partition coefficient (Wildman–Crippen LogP) is 11.4. The van der Waals surface area contributed by atoms with Crippen LogP contribution in [0.1, 0.15) is 32.6 Å². The summed E-state index contributed by atoms with van der Waals surface area (Å²) in [5.74, 6) is 1.05. The summed E-state index contributed by atoms with van der Waals surface area (Å²) in [6.07, 6.45) is 0.749. The zero-order chi connectivity index (χ0) is 46.8. The van der Waals surface area contributed by atoms with Crippen LogP contribution in [-0.4, -0.2) is 70.8 Å². The average molecular weight is 975 g/mol. The number of carboxylic acid groups (broad SMARTS) is 1. The topological polar surface area (TPSA) is 171 Å². The van der Waals surface area contributed by atoms with Crippen molar-refractivity contribution >= 4 is 87.5 Å². The fourth-order valence-electron chi connectivity index (χ4n) is 4.45. The van der Waals surface area contributed by atoms with Gasteiger partial charge in [0.25, 0.3) is 0 Å². The number of carbonyl (C=O) groups is 3. The molecule has 0 aromatic heterocycles. The van der Waals surface area contributed by atoms with E-state index in [0.717, 1.165) is 16.7 Å². The summed E-state index contributed by atoms with van der Waals surface area (Å²) in [5, 5.41) is 28.6. The molecular formula is C44H43Cl6NO11. The minimum Gasteiger partial charge on any atom is -0.506 e. The largest absolute Gasteiger partial charge is 0.506 e. The Balaban J connectivity index is 0.000000388.